The third kappa shape index (κ3) is 6.26. The van der Waals surface area contributed by atoms with Crippen molar-refractivity contribution in [3.05, 3.63) is 110 Å². The number of halogens is 1. The molecular formula is C33H30BrNO4S. The Morgan fingerprint density at radius 3 is 2.55 bits per heavy atom. The van der Waals surface area contributed by atoms with Crippen LogP contribution >= 0.6 is 27.7 Å². The van der Waals surface area contributed by atoms with Gasteiger partial charge >= 0.3 is 0 Å². The van der Waals surface area contributed by atoms with E-state index in [1.165, 1.54) is 4.90 Å². The molecule has 7 heteroatoms. The van der Waals surface area contributed by atoms with Gasteiger partial charge in [-0.15, -0.1) is 0 Å². The summed E-state index contributed by atoms with van der Waals surface area (Å²) in [6.45, 7) is 7.02. The van der Waals surface area contributed by atoms with Gasteiger partial charge in [0.05, 0.1) is 11.4 Å². The third-order valence-corrected chi connectivity index (χ3v) is 8.16. The minimum absolute atomic E-state index is 0.177. The molecule has 4 aromatic carbocycles. The molecule has 0 saturated carbocycles. The Hall–Kier alpha value is -3.55. The van der Waals surface area contributed by atoms with Crippen LogP contribution in [0.15, 0.2) is 88.2 Å². The quantitative estimate of drug-likeness (QED) is 0.176. The lowest BCUT2D eigenvalue weighted by Crippen LogP contribution is -2.32. The molecule has 1 fully saturated rings. The first-order valence-corrected chi connectivity index (χ1v) is 14.8. The third-order valence-electron chi connectivity index (χ3n) is 6.76. The van der Waals surface area contributed by atoms with Crippen molar-refractivity contribution in [2.75, 3.05) is 13.2 Å². The van der Waals surface area contributed by atoms with Gasteiger partial charge in [-0.1, -0.05) is 84.4 Å². The minimum atomic E-state index is -0.327. The maximum absolute atomic E-state index is 13.2. The van der Waals surface area contributed by atoms with Gasteiger partial charge in [-0.3, -0.25) is 14.5 Å². The molecule has 0 N–H and O–H groups in total. The molecule has 204 valence electrons. The Morgan fingerprint density at radius 2 is 1.73 bits per heavy atom. The Morgan fingerprint density at radius 1 is 0.925 bits per heavy atom. The van der Waals surface area contributed by atoms with Gasteiger partial charge in [0.1, 0.15) is 24.7 Å². The van der Waals surface area contributed by atoms with Crippen LogP contribution in [0.1, 0.15) is 42.0 Å². The highest BCUT2D eigenvalue weighted by atomic mass is 79.9. The molecule has 0 spiro atoms. The highest BCUT2D eigenvalue weighted by molar-refractivity contribution is 9.10. The number of carbonyl (C=O) groups is 2. The van der Waals surface area contributed by atoms with Crippen LogP contribution < -0.4 is 9.47 Å². The molecule has 0 aromatic heterocycles. The molecule has 0 bridgehead atoms. The monoisotopic (exact) mass is 615 g/mol. The van der Waals surface area contributed by atoms with Crippen molar-refractivity contribution in [1.29, 1.82) is 0 Å². The van der Waals surface area contributed by atoms with E-state index in [2.05, 4.69) is 66.2 Å². The number of hydrogen-bond acceptors (Lipinski definition) is 5. The van der Waals surface area contributed by atoms with Crippen LogP contribution in [-0.4, -0.2) is 29.2 Å². The van der Waals surface area contributed by atoms with Crippen molar-refractivity contribution in [1.82, 2.24) is 4.90 Å². The number of fused-ring (bicyclic) bond motifs is 1. The molecule has 0 aliphatic carbocycles. The summed E-state index contributed by atoms with van der Waals surface area (Å²) in [6.07, 6.45) is 1.73. The van der Waals surface area contributed by atoms with E-state index >= 15 is 0 Å². The van der Waals surface area contributed by atoms with Crippen molar-refractivity contribution in [3.8, 4) is 11.5 Å². The summed E-state index contributed by atoms with van der Waals surface area (Å²) in [7, 11) is 0. The van der Waals surface area contributed by atoms with Gasteiger partial charge in [-0.25, -0.2) is 0 Å². The summed E-state index contributed by atoms with van der Waals surface area (Å²) in [4.78, 5) is 27.6. The fourth-order valence-electron chi connectivity index (χ4n) is 4.66. The van der Waals surface area contributed by atoms with Crippen LogP contribution in [-0.2, 0) is 11.4 Å². The summed E-state index contributed by atoms with van der Waals surface area (Å²) in [5, 5.41) is 1.99. The fraction of sp³-hybridized carbons (Fsp3) is 0.212. The standard InChI is InChI=1S/C33H30BrNO4S/c1-21(2)27-13-11-22(3)17-30(27)38-16-15-35-32(36)31(40-33(35)37)19-25-18-26(34)12-14-29(25)39-20-24-9-6-8-23-7-4-5-10-28(23)24/h4-14,17-19,21H,15-16,20H2,1-3H3/b31-19-. The van der Waals surface area contributed by atoms with Crippen LogP contribution in [0.2, 0.25) is 0 Å². The average molecular weight is 617 g/mol. The van der Waals surface area contributed by atoms with Gasteiger partial charge in [0.2, 0.25) is 0 Å². The Bertz CT molecular complexity index is 1610. The van der Waals surface area contributed by atoms with Gasteiger partial charge in [0.15, 0.2) is 0 Å². The van der Waals surface area contributed by atoms with Crippen molar-refractivity contribution >= 4 is 55.7 Å². The van der Waals surface area contributed by atoms with E-state index in [0.29, 0.717) is 23.2 Å². The normalized spacial score (nSPS) is 14.5. The molecule has 40 heavy (non-hydrogen) atoms. The first kappa shape index (κ1) is 28.0. The molecule has 1 aliphatic rings. The fourth-order valence-corrected chi connectivity index (χ4v) is 5.90. The van der Waals surface area contributed by atoms with Crippen molar-refractivity contribution < 1.29 is 19.1 Å². The summed E-state index contributed by atoms with van der Waals surface area (Å²) in [6, 6.07) is 26.1. The molecular weight excluding hydrogens is 586 g/mol. The molecule has 0 unspecified atom stereocenters. The summed E-state index contributed by atoms with van der Waals surface area (Å²) < 4.78 is 13.1. The number of thioether (sulfide) groups is 1. The second-order valence-corrected chi connectivity index (χ2v) is 11.9. The molecule has 5 nitrogen and oxygen atoms in total. The molecule has 0 atom stereocenters. The van der Waals surface area contributed by atoms with Crippen molar-refractivity contribution in [3.63, 3.8) is 0 Å². The highest BCUT2D eigenvalue weighted by Gasteiger charge is 2.35. The zero-order valence-electron chi connectivity index (χ0n) is 22.6. The largest absolute Gasteiger partial charge is 0.491 e. The van der Waals surface area contributed by atoms with Gasteiger partial charge in [-0.05, 0) is 82.4 Å². The molecule has 1 saturated heterocycles. The number of imide groups is 1. The molecule has 2 amide bonds. The van der Waals surface area contributed by atoms with Crippen LogP contribution in [0.3, 0.4) is 0 Å². The van der Waals surface area contributed by atoms with Crippen molar-refractivity contribution in [2.24, 2.45) is 0 Å². The molecule has 4 aromatic rings. The van der Waals surface area contributed by atoms with Crippen LogP contribution in [0.5, 0.6) is 11.5 Å². The summed E-state index contributed by atoms with van der Waals surface area (Å²) >= 11 is 4.46. The van der Waals surface area contributed by atoms with E-state index in [9.17, 15) is 9.59 Å². The zero-order chi connectivity index (χ0) is 28.2. The summed E-state index contributed by atoms with van der Waals surface area (Å²) in [5.74, 6) is 1.40. The number of aryl methyl sites for hydroxylation is 1. The zero-order valence-corrected chi connectivity index (χ0v) is 25.1. The van der Waals surface area contributed by atoms with Crippen LogP contribution in [0.25, 0.3) is 16.8 Å². The Kier molecular flexibility index (Phi) is 8.62. The van der Waals surface area contributed by atoms with Gasteiger partial charge in [0, 0.05) is 10.0 Å². The van der Waals surface area contributed by atoms with E-state index in [4.69, 9.17) is 9.47 Å². The smallest absolute Gasteiger partial charge is 0.293 e. The van der Waals surface area contributed by atoms with E-state index in [0.717, 1.165) is 55.0 Å². The lowest BCUT2D eigenvalue weighted by atomic mass is 10.0. The number of hydrogen-bond donors (Lipinski definition) is 0. The topological polar surface area (TPSA) is 55.8 Å². The molecule has 5 rings (SSSR count). The van der Waals surface area contributed by atoms with Crippen LogP contribution in [0.4, 0.5) is 4.79 Å². The first-order chi connectivity index (χ1) is 19.3. The Labute approximate surface area is 247 Å². The predicted molar refractivity (Wildman–Crippen MR) is 166 cm³/mol. The number of ether oxygens (including phenoxy) is 2. The minimum Gasteiger partial charge on any atom is -0.491 e. The van der Waals surface area contributed by atoms with E-state index in [-0.39, 0.29) is 24.3 Å². The second kappa shape index (κ2) is 12.3. The first-order valence-electron chi connectivity index (χ1n) is 13.2. The predicted octanol–water partition coefficient (Wildman–Crippen LogP) is 8.73. The number of benzene rings is 4. The van der Waals surface area contributed by atoms with Crippen LogP contribution in [0, 0.1) is 6.92 Å². The number of nitrogens with zero attached hydrogens (tertiary/aromatic N) is 1. The maximum atomic E-state index is 13.2. The molecule has 1 heterocycles. The molecule has 0 radical (unpaired) electrons. The van der Waals surface area contributed by atoms with Crippen molar-refractivity contribution in [2.45, 2.75) is 33.3 Å². The number of carbonyl (C=O) groups excluding carboxylic acids is 2. The number of rotatable bonds is 9. The van der Waals surface area contributed by atoms with Gasteiger partial charge in [-0.2, -0.15) is 0 Å². The van der Waals surface area contributed by atoms with E-state index in [1.807, 2.05) is 49.4 Å². The lowest BCUT2D eigenvalue weighted by Gasteiger charge is -2.17. The van der Waals surface area contributed by atoms with Gasteiger partial charge < -0.3 is 9.47 Å². The van der Waals surface area contributed by atoms with E-state index < -0.39 is 0 Å². The summed E-state index contributed by atoms with van der Waals surface area (Å²) in [5.41, 5.74) is 3.99. The number of amides is 2. The molecule has 1 aliphatic heterocycles. The maximum Gasteiger partial charge on any atom is 0.293 e. The Balaban J connectivity index is 1.30. The average Bonchev–Trinajstić information content (AvgIpc) is 3.20. The second-order valence-electron chi connectivity index (χ2n) is 9.99. The van der Waals surface area contributed by atoms with Gasteiger partial charge in [0.25, 0.3) is 11.1 Å². The van der Waals surface area contributed by atoms with E-state index in [1.54, 1.807) is 6.08 Å². The lowest BCUT2D eigenvalue weighted by molar-refractivity contribution is -0.123. The SMILES string of the molecule is Cc1ccc(C(C)C)c(OCCN2C(=O)S/C(=C\c3cc(Br)ccc3OCc3cccc4ccccc34)C2=O)c1. The highest BCUT2D eigenvalue weighted by Crippen LogP contribution is 2.35.